The molecule has 37 heavy (non-hydrogen) atoms. The lowest BCUT2D eigenvalue weighted by Crippen LogP contribution is -2.26. The summed E-state index contributed by atoms with van der Waals surface area (Å²) >= 11 is 13.0. The Bertz CT molecular complexity index is 1310. The van der Waals surface area contributed by atoms with Gasteiger partial charge in [-0.15, -0.1) is 0 Å². The number of esters is 1. The molecule has 3 aromatic rings. The zero-order valence-electron chi connectivity index (χ0n) is 20.7. The van der Waals surface area contributed by atoms with Crippen molar-refractivity contribution in [3.05, 3.63) is 57.0 Å². The molecule has 1 aliphatic heterocycles. The van der Waals surface area contributed by atoms with Gasteiger partial charge in [0.15, 0.2) is 5.69 Å². The van der Waals surface area contributed by atoms with Crippen LogP contribution in [-0.2, 0) is 16.1 Å². The Morgan fingerprint density at radius 2 is 1.84 bits per heavy atom. The molecule has 0 radical (unpaired) electrons. The number of carbonyl (C=O) groups excluding carboxylic acids is 1. The van der Waals surface area contributed by atoms with Crippen molar-refractivity contribution in [1.29, 1.82) is 0 Å². The zero-order chi connectivity index (χ0) is 25.7. The first-order valence-electron chi connectivity index (χ1n) is 12.6. The molecule has 6 rings (SSSR count). The van der Waals surface area contributed by atoms with Crippen molar-refractivity contribution in [1.82, 2.24) is 15.1 Å². The summed E-state index contributed by atoms with van der Waals surface area (Å²) in [5.74, 6) is 2.40. The lowest BCUT2D eigenvalue weighted by molar-refractivity contribution is 0.0402. The molecule has 0 spiro atoms. The molecule has 3 atom stereocenters. The van der Waals surface area contributed by atoms with E-state index in [9.17, 15) is 4.79 Å². The average molecular weight is 543 g/mol. The van der Waals surface area contributed by atoms with E-state index in [0.717, 1.165) is 55.8 Å². The Balaban J connectivity index is 1.14. The van der Waals surface area contributed by atoms with Crippen molar-refractivity contribution in [2.45, 2.75) is 51.2 Å². The fourth-order valence-electron chi connectivity index (χ4n) is 5.70. The van der Waals surface area contributed by atoms with Gasteiger partial charge in [0.1, 0.15) is 11.5 Å². The number of benzene rings is 1. The van der Waals surface area contributed by atoms with E-state index < -0.39 is 5.97 Å². The maximum absolute atomic E-state index is 12.0. The quantitative estimate of drug-likeness (QED) is 0.343. The normalized spacial score (nSPS) is 22.9. The molecule has 0 amide bonds. The van der Waals surface area contributed by atoms with Gasteiger partial charge < -0.3 is 18.9 Å². The zero-order valence-corrected chi connectivity index (χ0v) is 22.3. The molecular formula is C27H28Cl2N4O4. The summed E-state index contributed by atoms with van der Waals surface area (Å²) in [5.41, 5.74) is 3.37. The molecule has 1 aromatic carbocycles. The fraction of sp³-hybridized carbons (Fsp3) is 0.481. The maximum atomic E-state index is 12.0. The fourth-order valence-corrected chi connectivity index (χ4v) is 6.27. The average Bonchev–Trinajstić information content (AvgIpc) is 3.34. The lowest BCUT2D eigenvalue weighted by Gasteiger charge is -2.20. The van der Waals surface area contributed by atoms with E-state index >= 15 is 0 Å². The summed E-state index contributed by atoms with van der Waals surface area (Å²) < 4.78 is 17.1. The highest BCUT2D eigenvalue weighted by molar-refractivity contribution is 6.39. The Labute approximate surface area is 225 Å². The standard InChI is InChI=1S/C27H28Cl2N4O4/c1-14-8-22(26(34)35-2)31-27(30-14)33-11-16-9-18(10-17(16)12-33)36-13-19-24(32-37-25(19)15-6-7-15)23-20(28)4-3-5-21(23)29/h3-5,8,15-18H,6-7,9-13H2,1-2H3/t16-,17+,18+. The van der Waals surface area contributed by atoms with Crippen LogP contribution < -0.4 is 4.90 Å². The summed E-state index contributed by atoms with van der Waals surface area (Å²) in [6.07, 6.45) is 4.27. The van der Waals surface area contributed by atoms with Crippen LogP contribution in [0.4, 0.5) is 5.95 Å². The molecule has 2 saturated carbocycles. The van der Waals surface area contributed by atoms with Crippen LogP contribution in [0.5, 0.6) is 0 Å². The van der Waals surface area contributed by atoms with Gasteiger partial charge in [-0.25, -0.2) is 14.8 Å². The highest BCUT2D eigenvalue weighted by Gasteiger charge is 2.43. The molecule has 194 valence electrons. The Morgan fingerprint density at radius 3 is 2.49 bits per heavy atom. The van der Waals surface area contributed by atoms with Crippen LogP contribution in [0.15, 0.2) is 28.8 Å². The summed E-state index contributed by atoms with van der Waals surface area (Å²) in [6, 6.07) is 7.11. The van der Waals surface area contributed by atoms with Gasteiger partial charge in [0, 0.05) is 35.8 Å². The Hall–Kier alpha value is -2.68. The smallest absolute Gasteiger partial charge is 0.356 e. The number of halogens is 2. The van der Waals surface area contributed by atoms with E-state index in [2.05, 4.69) is 20.0 Å². The Morgan fingerprint density at radius 1 is 1.14 bits per heavy atom. The van der Waals surface area contributed by atoms with Crippen LogP contribution in [0.1, 0.15) is 59.1 Å². The van der Waals surface area contributed by atoms with E-state index in [-0.39, 0.29) is 11.8 Å². The number of carbonyl (C=O) groups is 1. The van der Waals surface area contributed by atoms with E-state index in [0.29, 0.717) is 51.6 Å². The second kappa shape index (κ2) is 9.89. The monoisotopic (exact) mass is 542 g/mol. The number of aryl methyl sites for hydroxylation is 1. The first-order valence-corrected chi connectivity index (χ1v) is 13.4. The number of aromatic nitrogens is 3. The number of hydrogen-bond donors (Lipinski definition) is 0. The summed E-state index contributed by atoms with van der Waals surface area (Å²) in [4.78, 5) is 23.2. The highest BCUT2D eigenvalue weighted by Crippen LogP contribution is 2.47. The SMILES string of the molecule is COC(=O)c1cc(C)nc(N2C[C@H]3C[C@H](OCc4c(-c5c(Cl)cccc5Cl)noc4C4CC4)C[C@H]3C2)n1. The molecule has 1 saturated heterocycles. The Kier molecular flexibility index (Phi) is 6.59. The third-order valence-electron chi connectivity index (χ3n) is 7.66. The molecule has 0 N–H and O–H groups in total. The second-order valence-electron chi connectivity index (χ2n) is 10.3. The third kappa shape index (κ3) is 4.82. The van der Waals surface area contributed by atoms with Crippen molar-refractivity contribution in [2.24, 2.45) is 11.8 Å². The van der Waals surface area contributed by atoms with Gasteiger partial charge in [-0.3, -0.25) is 0 Å². The van der Waals surface area contributed by atoms with Crippen LogP contribution in [-0.4, -0.2) is 47.4 Å². The topological polar surface area (TPSA) is 90.6 Å². The molecule has 2 aliphatic carbocycles. The van der Waals surface area contributed by atoms with Gasteiger partial charge in [0.05, 0.1) is 29.9 Å². The molecule has 2 aromatic heterocycles. The van der Waals surface area contributed by atoms with Crippen LogP contribution in [0.25, 0.3) is 11.3 Å². The molecule has 0 unspecified atom stereocenters. The number of anilines is 1. The maximum Gasteiger partial charge on any atom is 0.356 e. The minimum absolute atomic E-state index is 0.151. The number of rotatable bonds is 7. The van der Waals surface area contributed by atoms with Crippen molar-refractivity contribution in [2.75, 3.05) is 25.1 Å². The van der Waals surface area contributed by atoms with Gasteiger partial charge in [0.25, 0.3) is 0 Å². The van der Waals surface area contributed by atoms with Crippen LogP contribution >= 0.6 is 23.2 Å². The van der Waals surface area contributed by atoms with Crippen LogP contribution in [0.2, 0.25) is 10.0 Å². The molecule has 3 fully saturated rings. The van der Waals surface area contributed by atoms with Gasteiger partial charge >= 0.3 is 5.97 Å². The molecule has 3 heterocycles. The second-order valence-corrected chi connectivity index (χ2v) is 11.1. The molecule has 0 bridgehead atoms. The van der Waals surface area contributed by atoms with E-state index in [4.69, 9.17) is 37.2 Å². The van der Waals surface area contributed by atoms with Gasteiger partial charge in [-0.2, -0.15) is 0 Å². The number of methoxy groups -OCH3 is 1. The third-order valence-corrected chi connectivity index (χ3v) is 8.29. The summed E-state index contributed by atoms with van der Waals surface area (Å²) in [5, 5.41) is 5.47. The van der Waals surface area contributed by atoms with Crippen LogP contribution in [0.3, 0.4) is 0 Å². The van der Waals surface area contributed by atoms with Crippen molar-refractivity contribution in [3.63, 3.8) is 0 Å². The van der Waals surface area contributed by atoms with Gasteiger partial charge in [-0.05, 0) is 62.6 Å². The van der Waals surface area contributed by atoms with Crippen molar-refractivity contribution < 1.29 is 18.8 Å². The predicted molar refractivity (Wildman–Crippen MR) is 139 cm³/mol. The van der Waals surface area contributed by atoms with Gasteiger partial charge in [0.2, 0.25) is 5.95 Å². The van der Waals surface area contributed by atoms with Crippen molar-refractivity contribution >= 4 is 35.1 Å². The van der Waals surface area contributed by atoms with E-state index in [1.165, 1.54) is 7.11 Å². The number of hydrogen-bond acceptors (Lipinski definition) is 8. The minimum Gasteiger partial charge on any atom is -0.464 e. The molecule has 8 nitrogen and oxygen atoms in total. The largest absolute Gasteiger partial charge is 0.464 e. The lowest BCUT2D eigenvalue weighted by atomic mass is 10.0. The molecule has 3 aliphatic rings. The van der Waals surface area contributed by atoms with E-state index in [1.54, 1.807) is 6.07 Å². The summed E-state index contributed by atoms with van der Waals surface area (Å²) in [6.45, 7) is 3.97. The highest BCUT2D eigenvalue weighted by atomic mass is 35.5. The molecular weight excluding hydrogens is 515 g/mol. The molecule has 10 heteroatoms. The number of fused-ring (bicyclic) bond motifs is 1. The number of nitrogens with zero attached hydrogens (tertiary/aromatic N) is 4. The minimum atomic E-state index is -0.448. The van der Waals surface area contributed by atoms with Gasteiger partial charge in [-0.1, -0.05) is 34.4 Å². The number of ether oxygens (including phenoxy) is 2. The van der Waals surface area contributed by atoms with Crippen molar-refractivity contribution in [3.8, 4) is 11.3 Å². The summed E-state index contributed by atoms with van der Waals surface area (Å²) in [7, 11) is 1.36. The van der Waals surface area contributed by atoms with Crippen LogP contribution in [0, 0.1) is 18.8 Å². The first-order chi connectivity index (χ1) is 17.9. The first kappa shape index (κ1) is 24.6. The van der Waals surface area contributed by atoms with E-state index in [1.807, 2.05) is 25.1 Å². The predicted octanol–water partition coefficient (Wildman–Crippen LogP) is 5.84.